The van der Waals surface area contributed by atoms with Crippen LogP contribution in [-0.4, -0.2) is 11.9 Å². The van der Waals surface area contributed by atoms with Crippen molar-refractivity contribution in [1.82, 2.24) is 0 Å². The van der Waals surface area contributed by atoms with Crippen LogP contribution in [0, 0.1) is 27.7 Å². The molecule has 0 heterocycles. The average molecular weight is 726 g/mol. The molecule has 0 unspecified atom stereocenters. The van der Waals surface area contributed by atoms with Crippen LogP contribution in [0.3, 0.4) is 0 Å². The fourth-order valence-corrected chi connectivity index (χ4v) is 6.54. The summed E-state index contributed by atoms with van der Waals surface area (Å²) in [6.07, 6.45) is 5.69. The van der Waals surface area contributed by atoms with Crippen molar-refractivity contribution in [3.8, 4) is 22.6 Å². The molecule has 6 aromatic rings. The molecule has 0 spiro atoms. The standard InChI is InChI=1S/C50H47NO4/c1-7-49(52)54-47-25-15-38(16-26-47)11-13-40-31-41(14-12-39-17-27-48(28-18-39)55-50(53)8-2)33-43(32-40)42-19-23-44(24-20-42)51(45-21-9-34(3)36(5)29-45)46-22-10-35(4)37(6)30-46/h7-10,15-33H,1-2,11-14H2,3-6H3. The highest BCUT2D eigenvalue weighted by molar-refractivity contribution is 5.84. The van der Waals surface area contributed by atoms with Crippen molar-refractivity contribution >= 4 is 29.0 Å². The second-order valence-corrected chi connectivity index (χ2v) is 14.0. The molecule has 0 saturated carbocycles. The average Bonchev–Trinajstić information content (AvgIpc) is 3.20. The van der Waals surface area contributed by atoms with Crippen molar-refractivity contribution in [3.63, 3.8) is 0 Å². The Morgan fingerprint density at radius 2 is 0.855 bits per heavy atom. The van der Waals surface area contributed by atoms with E-state index in [9.17, 15) is 9.59 Å². The maximum atomic E-state index is 11.6. The summed E-state index contributed by atoms with van der Waals surface area (Å²) < 4.78 is 10.5. The number of benzene rings is 6. The van der Waals surface area contributed by atoms with Crippen LogP contribution in [0.2, 0.25) is 0 Å². The topological polar surface area (TPSA) is 55.8 Å². The molecule has 6 aromatic carbocycles. The zero-order valence-corrected chi connectivity index (χ0v) is 32.1. The van der Waals surface area contributed by atoms with Gasteiger partial charge in [0.2, 0.25) is 0 Å². The molecular formula is C50H47NO4. The van der Waals surface area contributed by atoms with Gasteiger partial charge in [0.15, 0.2) is 0 Å². The lowest BCUT2D eigenvalue weighted by Crippen LogP contribution is -2.10. The Morgan fingerprint density at radius 1 is 0.455 bits per heavy atom. The highest BCUT2D eigenvalue weighted by atomic mass is 16.5. The van der Waals surface area contributed by atoms with Crippen molar-refractivity contribution in [2.45, 2.75) is 53.4 Å². The molecule has 276 valence electrons. The van der Waals surface area contributed by atoms with Crippen LogP contribution >= 0.6 is 0 Å². The number of carbonyl (C=O) groups excluding carboxylic acids is 2. The number of carbonyl (C=O) groups is 2. The van der Waals surface area contributed by atoms with Crippen molar-refractivity contribution in [2.75, 3.05) is 4.90 Å². The molecule has 55 heavy (non-hydrogen) atoms. The van der Waals surface area contributed by atoms with Gasteiger partial charge in [0, 0.05) is 29.2 Å². The maximum absolute atomic E-state index is 11.6. The third-order valence-electron chi connectivity index (χ3n) is 10.0. The Bertz CT molecular complexity index is 2180. The van der Waals surface area contributed by atoms with Crippen molar-refractivity contribution in [2.24, 2.45) is 0 Å². The monoisotopic (exact) mass is 725 g/mol. The van der Waals surface area contributed by atoms with Gasteiger partial charge in [-0.25, -0.2) is 9.59 Å². The number of esters is 2. The molecule has 0 radical (unpaired) electrons. The van der Waals surface area contributed by atoms with E-state index in [1.807, 2.05) is 48.5 Å². The minimum absolute atomic E-state index is 0.472. The highest BCUT2D eigenvalue weighted by Gasteiger charge is 2.15. The van der Waals surface area contributed by atoms with Gasteiger partial charge in [0.1, 0.15) is 11.5 Å². The van der Waals surface area contributed by atoms with E-state index in [0.717, 1.165) is 71.6 Å². The predicted molar refractivity (Wildman–Crippen MR) is 225 cm³/mol. The number of rotatable bonds is 14. The summed E-state index contributed by atoms with van der Waals surface area (Å²) in [5, 5.41) is 0. The molecule has 0 amide bonds. The van der Waals surface area contributed by atoms with E-state index in [2.05, 4.69) is 125 Å². The zero-order chi connectivity index (χ0) is 38.9. The summed E-state index contributed by atoms with van der Waals surface area (Å²) in [6.45, 7) is 15.6. The Balaban J connectivity index is 1.29. The van der Waals surface area contributed by atoms with Crippen molar-refractivity contribution in [1.29, 1.82) is 0 Å². The second kappa shape index (κ2) is 17.6. The van der Waals surface area contributed by atoms with Gasteiger partial charge < -0.3 is 14.4 Å². The molecule has 0 aliphatic carbocycles. The van der Waals surface area contributed by atoms with Crippen molar-refractivity contribution in [3.05, 3.63) is 197 Å². The van der Waals surface area contributed by atoms with Gasteiger partial charge in [0.25, 0.3) is 0 Å². The minimum Gasteiger partial charge on any atom is -0.423 e. The van der Waals surface area contributed by atoms with Crippen LogP contribution in [0.1, 0.15) is 44.5 Å². The van der Waals surface area contributed by atoms with Gasteiger partial charge in [-0.3, -0.25) is 0 Å². The first kappa shape index (κ1) is 38.3. The van der Waals surface area contributed by atoms with Crippen LogP contribution < -0.4 is 14.4 Å². The van der Waals surface area contributed by atoms with Crippen molar-refractivity contribution < 1.29 is 19.1 Å². The van der Waals surface area contributed by atoms with E-state index in [4.69, 9.17) is 9.47 Å². The first-order chi connectivity index (χ1) is 26.6. The quantitative estimate of drug-likeness (QED) is 0.0636. The van der Waals surface area contributed by atoms with Gasteiger partial charge >= 0.3 is 11.9 Å². The number of anilines is 3. The lowest BCUT2D eigenvalue weighted by atomic mass is 9.94. The van der Waals surface area contributed by atoms with Crippen LogP contribution in [0.15, 0.2) is 153 Å². The summed E-state index contributed by atoms with van der Waals surface area (Å²) in [7, 11) is 0. The van der Waals surface area contributed by atoms with Gasteiger partial charge in [-0.1, -0.05) is 79.9 Å². The second-order valence-electron chi connectivity index (χ2n) is 14.0. The number of ether oxygens (including phenoxy) is 2. The first-order valence-electron chi connectivity index (χ1n) is 18.6. The van der Waals surface area contributed by atoms with E-state index in [1.54, 1.807) is 0 Å². The van der Waals surface area contributed by atoms with Crippen LogP contribution in [0.4, 0.5) is 17.1 Å². The molecular weight excluding hydrogens is 679 g/mol. The van der Waals surface area contributed by atoms with E-state index in [1.165, 1.54) is 38.9 Å². The molecule has 0 atom stereocenters. The third-order valence-corrected chi connectivity index (χ3v) is 10.0. The molecule has 5 nitrogen and oxygen atoms in total. The third kappa shape index (κ3) is 9.95. The van der Waals surface area contributed by atoms with Gasteiger partial charge in [0.05, 0.1) is 0 Å². The number of hydrogen-bond donors (Lipinski definition) is 0. The van der Waals surface area contributed by atoms with Gasteiger partial charge in [-0.2, -0.15) is 0 Å². The van der Waals surface area contributed by atoms with Gasteiger partial charge in [-0.15, -0.1) is 0 Å². The summed E-state index contributed by atoms with van der Waals surface area (Å²) in [5.74, 6) is 0.0598. The Kier molecular flexibility index (Phi) is 12.2. The summed E-state index contributed by atoms with van der Waals surface area (Å²) in [4.78, 5) is 25.6. The number of aryl methyl sites for hydroxylation is 8. The van der Waals surface area contributed by atoms with E-state index >= 15 is 0 Å². The Hall–Kier alpha value is -6.46. The molecule has 0 bridgehead atoms. The smallest absolute Gasteiger partial charge is 0.335 e. The summed E-state index contributed by atoms with van der Waals surface area (Å²) in [5.41, 5.74) is 15.5. The lowest BCUT2D eigenvalue weighted by Gasteiger charge is -2.27. The SMILES string of the molecule is C=CC(=O)Oc1ccc(CCc2cc(CCc3ccc(OC(=O)C=C)cc3)cc(-c3ccc(N(c4ccc(C)c(C)c4)c4ccc(C)c(C)c4)cc3)c2)cc1. The molecule has 5 heteroatoms. The van der Waals surface area contributed by atoms with Crippen LogP contribution in [0.25, 0.3) is 11.1 Å². The first-order valence-corrected chi connectivity index (χ1v) is 18.6. The molecule has 6 rings (SSSR count). The maximum Gasteiger partial charge on any atom is 0.335 e. The summed E-state index contributed by atoms with van der Waals surface area (Å²) >= 11 is 0. The van der Waals surface area contributed by atoms with Crippen LogP contribution in [-0.2, 0) is 35.3 Å². The normalized spacial score (nSPS) is 10.8. The largest absolute Gasteiger partial charge is 0.423 e. The van der Waals surface area contributed by atoms with Crippen LogP contribution in [0.5, 0.6) is 11.5 Å². The molecule has 0 aromatic heterocycles. The minimum atomic E-state index is -0.472. The fourth-order valence-electron chi connectivity index (χ4n) is 6.54. The fraction of sp³-hybridized carbons (Fsp3) is 0.160. The Labute approximate surface area is 325 Å². The summed E-state index contributed by atoms with van der Waals surface area (Å²) in [6, 6.07) is 44.4. The van der Waals surface area contributed by atoms with E-state index < -0.39 is 11.9 Å². The molecule has 0 aliphatic heterocycles. The molecule has 0 saturated heterocycles. The number of nitrogens with zero attached hydrogens (tertiary/aromatic N) is 1. The predicted octanol–water partition coefficient (Wildman–Crippen LogP) is 11.8. The van der Waals surface area contributed by atoms with E-state index in [0.29, 0.717) is 11.5 Å². The number of hydrogen-bond acceptors (Lipinski definition) is 5. The zero-order valence-electron chi connectivity index (χ0n) is 32.1. The molecule has 0 N–H and O–H groups in total. The molecule has 0 aliphatic rings. The van der Waals surface area contributed by atoms with Gasteiger partial charge in [-0.05, 0) is 170 Å². The highest BCUT2D eigenvalue weighted by Crippen LogP contribution is 2.37. The Morgan fingerprint density at radius 3 is 1.25 bits per heavy atom. The lowest BCUT2D eigenvalue weighted by molar-refractivity contribution is -0.129. The molecule has 0 fully saturated rings. The van der Waals surface area contributed by atoms with E-state index in [-0.39, 0.29) is 0 Å².